The molecule has 1 fully saturated rings. The third kappa shape index (κ3) is 3.57. The number of carbonyl (C=O) groups excluding carboxylic acids is 1. The molecule has 5 heteroatoms. The van der Waals surface area contributed by atoms with E-state index < -0.39 is 12.3 Å². The highest BCUT2D eigenvalue weighted by molar-refractivity contribution is 5.74. The molecule has 0 aliphatic carbocycles. The molecule has 1 heterocycles. The van der Waals surface area contributed by atoms with Crippen LogP contribution in [-0.4, -0.2) is 34.3 Å². The van der Waals surface area contributed by atoms with E-state index in [0.29, 0.717) is 12.1 Å². The normalized spacial score (nSPS) is 28.5. The van der Waals surface area contributed by atoms with Crippen LogP contribution >= 0.6 is 0 Å². The Hall–Kier alpha value is -1.33. The Bertz CT molecular complexity index is 328. The molecule has 1 aliphatic heterocycles. The van der Waals surface area contributed by atoms with Gasteiger partial charge in [0.25, 0.3) is 0 Å². The van der Waals surface area contributed by atoms with E-state index in [-0.39, 0.29) is 12.0 Å². The largest absolute Gasteiger partial charge is 0.399 e. The van der Waals surface area contributed by atoms with Crippen molar-refractivity contribution in [2.75, 3.05) is 0 Å². The first-order valence-corrected chi connectivity index (χ1v) is 5.70. The molecular weight excluding hydrogens is 220 g/mol. The van der Waals surface area contributed by atoms with Gasteiger partial charge in [-0.2, -0.15) is 0 Å². The van der Waals surface area contributed by atoms with Crippen LogP contribution in [0.2, 0.25) is 0 Å². The summed E-state index contributed by atoms with van der Waals surface area (Å²) in [6.45, 7) is 6.90. The average Bonchev–Trinajstić information content (AvgIpc) is 2.58. The maximum absolute atomic E-state index is 11.5. The van der Waals surface area contributed by atoms with Gasteiger partial charge in [0.15, 0.2) is 0 Å². The summed E-state index contributed by atoms with van der Waals surface area (Å²) in [6, 6.07) is 0. The predicted molar refractivity (Wildman–Crippen MR) is 64.6 cm³/mol. The smallest absolute Gasteiger partial charge is 0.225 e. The van der Waals surface area contributed by atoms with Crippen LogP contribution in [0, 0.1) is 0 Å². The highest BCUT2D eigenvalue weighted by Gasteiger charge is 2.36. The van der Waals surface area contributed by atoms with Crippen LogP contribution in [0.25, 0.3) is 0 Å². The molecular formula is C12H20N2O3. The van der Waals surface area contributed by atoms with Gasteiger partial charge in [-0.15, -0.1) is 0 Å². The van der Waals surface area contributed by atoms with Crippen molar-refractivity contribution < 1.29 is 14.6 Å². The van der Waals surface area contributed by atoms with Gasteiger partial charge in [-0.1, -0.05) is 13.5 Å². The Kier molecular flexibility index (Phi) is 4.72. The van der Waals surface area contributed by atoms with E-state index in [9.17, 15) is 9.90 Å². The second kappa shape index (κ2) is 5.84. The topological polar surface area (TPSA) is 75.8 Å². The molecule has 3 N–H and O–H groups in total. The van der Waals surface area contributed by atoms with Gasteiger partial charge in [0.1, 0.15) is 6.23 Å². The Morgan fingerprint density at radius 2 is 2.35 bits per heavy atom. The fourth-order valence-corrected chi connectivity index (χ4v) is 1.83. The molecule has 0 bridgehead atoms. The Balaban J connectivity index is 2.73. The van der Waals surface area contributed by atoms with Crippen LogP contribution in [-0.2, 0) is 9.53 Å². The second-order valence-corrected chi connectivity index (χ2v) is 4.16. The van der Waals surface area contributed by atoms with Gasteiger partial charge in [-0.3, -0.25) is 9.69 Å². The third-order valence-corrected chi connectivity index (χ3v) is 2.73. The van der Waals surface area contributed by atoms with E-state index in [0.717, 1.165) is 6.42 Å². The second-order valence-electron chi connectivity index (χ2n) is 4.16. The molecule has 5 nitrogen and oxygen atoms in total. The number of nitrogens with two attached hydrogens (primary N) is 1. The number of ether oxygens (including phenoxy) is 1. The van der Waals surface area contributed by atoms with Crippen molar-refractivity contribution in [3.63, 3.8) is 0 Å². The van der Waals surface area contributed by atoms with Crippen molar-refractivity contribution in [2.24, 2.45) is 5.73 Å². The standard InChI is InChI=1S/C12H20N2O3/c1-4-11-10(16)7-12(17-11)14(9(3)15)6-5-8(2)13/h5-6,10-12,16H,2,4,7,13H2,1,3H3/b6-5-. The van der Waals surface area contributed by atoms with E-state index in [1.54, 1.807) is 6.20 Å². The number of allylic oxidation sites excluding steroid dienone is 1. The van der Waals surface area contributed by atoms with E-state index in [2.05, 4.69) is 6.58 Å². The first-order chi connectivity index (χ1) is 7.95. The van der Waals surface area contributed by atoms with Crippen LogP contribution in [0.4, 0.5) is 0 Å². The van der Waals surface area contributed by atoms with Crippen molar-refractivity contribution in [3.8, 4) is 0 Å². The molecule has 17 heavy (non-hydrogen) atoms. The fourth-order valence-electron chi connectivity index (χ4n) is 1.83. The highest BCUT2D eigenvalue weighted by atomic mass is 16.5. The molecule has 1 aliphatic rings. The quantitative estimate of drug-likeness (QED) is 0.709. The van der Waals surface area contributed by atoms with Gasteiger partial charge in [0, 0.05) is 25.2 Å². The van der Waals surface area contributed by atoms with Gasteiger partial charge in [0.05, 0.1) is 12.2 Å². The summed E-state index contributed by atoms with van der Waals surface area (Å²) in [5.74, 6) is -0.156. The van der Waals surface area contributed by atoms with E-state index in [4.69, 9.17) is 10.5 Å². The van der Waals surface area contributed by atoms with Gasteiger partial charge in [-0.05, 0) is 12.5 Å². The fraction of sp³-hybridized carbons (Fsp3) is 0.583. The van der Waals surface area contributed by atoms with Gasteiger partial charge in [0.2, 0.25) is 5.91 Å². The highest BCUT2D eigenvalue weighted by Crippen LogP contribution is 2.25. The summed E-state index contributed by atoms with van der Waals surface area (Å²) >= 11 is 0. The van der Waals surface area contributed by atoms with Crippen molar-refractivity contribution >= 4 is 5.91 Å². The molecule has 1 amide bonds. The Labute approximate surface area is 102 Å². The van der Waals surface area contributed by atoms with E-state index in [1.165, 1.54) is 17.9 Å². The van der Waals surface area contributed by atoms with Gasteiger partial charge in [-0.25, -0.2) is 0 Å². The zero-order valence-corrected chi connectivity index (χ0v) is 10.3. The van der Waals surface area contributed by atoms with Crippen LogP contribution in [0.3, 0.4) is 0 Å². The lowest BCUT2D eigenvalue weighted by molar-refractivity contribution is -0.137. The first-order valence-electron chi connectivity index (χ1n) is 5.70. The van der Waals surface area contributed by atoms with Crippen LogP contribution < -0.4 is 5.73 Å². The zero-order chi connectivity index (χ0) is 13.0. The minimum atomic E-state index is -0.527. The Morgan fingerprint density at radius 1 is 1.71 bits per heavy atom. The minimum Gasteiger partial charge on any atom is -0.399 e. The summed E-state index contributed by atoms with van der Waals surface area (Å²) in [5, 5.41) is 9.74. The SMILES string of the molecule is C=C(N)/C=C\N(C(C)=O)C1CC(O)C(CC)O1. The number of aliphatic hydroxyl groups is 1. The van der Waals surface area contributed by atoms with Gasteiger partial charge < -0.3 is 15.6 Å². The van der Waals surface area contributed by atoms with Crippen molar-refractivity contribution in [1.29, 1.82) is 0 Å². The van der Waals surface area contributed by atoms with Crippen LogP contribution in [0.1, 0.15) is 26.7 Å². The molecule has 0 radical (unpaired) electrons. The predicted octanol–water partition coefficient (Wildman–Crippen LogP) is 0.707. The van der Waals surface area contributed by atoms with Crippen LogP contribution in [0.15, 0.2) is 24.6 Å². The number of nitrogens with zero attached hydrogens (tertiary/aromatic N) is 1. The van der Waals surface area contributed by atoms with Crippen molar-refractivity contribution in [2.45, 2.75) is 45.1 Å². The summed E-state index contributed by atoms with van der Waals surface area (Å²) in [7, 11) is 0. The van der Waals surface area contributed by atoms with E-state index in [1.807, 2.05) is 6.92 Å². The zero-order valence-electron chi connectivity index (χ0n) is 10.3. The van der Waals surface area contributed by atoms with E-state index >= 15 is 0 Å². The summed E-state index contributed by atoms with van der Waals surface area (Å²) in [5.41, 5.74) is 5.77. The number of carbonyl (C=O) groups is 1. The molecule has 0 saturated carbocycles. The summed E-state index contributed by atoms with van der Waals surface area (Å²) in [4.78, 5) is 12.9. The lowest BCUT2D eigenvalue weighted by Crippen LogP contribution is -2.34. The molecule has 3 unspecified atom stereocenters. The monoisotopic (exact) mass is 240 g/mol. The maximum Gasteiger partial charge on any atom is 0.225 e. The minimum absolute atomic E-state index is 0.156. The first kappa shape index (κ1) is 13.7. The van der Waals surface area contributed by atoms with Crippen molar-refractivity contribution in [3.05, 3.63) is 24.6 Å². The third-order valence-electron chi connectivity index (χ3n) is 2.73. The molecule has 1 rings (SSSR count). The van der Waals surface area contributed by atoms with Crippen LogP contribution in [0.5, 0.6) is 0 Å². The Morgan fingerprint density at radius 3 is 2.76 bits per heavy atom. The molecule has 0 spiro atoms. The van der Waals surface area contributed by atoms with Crippen molar-refractivity contribution in [1.82, 2.24) is 4.90 Å². The molecule has 0 aromatic heterocycles. The number of hydrogen-bond acceptors (Lipinski definition) is 4. The molecule has 1 saturated heterocycles. The number of rotatable bonds is 4. The molecule has 0 aromatic rings. The number of aliphatic hydroxyl groups excluding tert-OH is 1. The molecule has 0 aromatic carbocycles. The lowest BCUT2D eigenvalue weighted by Gasteiger charge is -2.23. The summed E-state index contributed by atoms with van der Waals surface area (Å²) < 4.78 is 5.61. The lowest BCUT2D eigenvalue weighted by atomic mass is 10.1. The molecule has 3 atom stereocenters. The average molecular weight is 240 g/mol. The summed E-state index contributed by atoms with van der Waals surface area (Å²) in [6.07, 6.45) is 3.05. The number of hydrogen-bond donors (Lipinski definition) is 2. The van der Waals surface area contributed by atoms with Gasteiger partial charge >= 0.3 is 0 Å². The maximum atomic E-state index is 11.5. The molecule has 96 valence electrons. The number of amides is 1.